The molecule has 0 saturated carbocycles. The van der Waals surface area contributed by atoms with Crippen molar-refractivity contribution < 1.29 is 0 Å². The van der Waals surface area contributed by atoms with Crippen molar-refractivity contribution in [2.45, 2.75) is 6.92 Å². The zero-order chi connectivity index (χ0) is 17.2. The van der Waals surface area contributed by atoms with Gasteiger partial charge >= 0.3 is 0 Å². The SMILES string of the molecule is Cc1ccc(Nc2nc(N)cc(-c3ccnc4ccccc34)n2)cc1. The van der Waals surface area contributed by atoms with E-state index in [0.29, 0.717) is 11.8 Å². The van der Waals surface area contributed by atoms with E-state index in [1.807, 2.05) is 61.5 Å². The number of anilines is 3. The van der Waals surface area contributed by atoms with Crippen LogP contribution in [0.3, 0.4) is 0 Å². The van der Waals surface area contributed by atoms with Crippen molar-refractivity contribution in [2.75, 3.05) is 11.1 Å². The minimum Gasteiger partial charge on any atom is -0.384 e. The van der Waals surface area contributed by atoms with Gasteiger partial charge in [0.2, 0.25) is 5.95 Å². The molecule has 4 aromatic rings. The van der Waals surface area contributed by atoms with Crippen LogP contribution in [0.5, 0.6) is 0 Å². The largest absolute Gasteiger partial charge is 0.384 e. The molecule has 2 heterocycles. The summed E-state index contributed by atoms with van der Waals surface area (Å²) < 4.78 is 0. The molecule has 2 aromatic heterocycles. The van der Waals surface area contributed by atoms with Gasteiger partial charge < -0.3 is 11.1 Å². The highest BCUT2D eigenvalue weighted by Gasteiger charge is 2.09. The Balaban J connectivity index is 1.78. The first-order valence-corrected chi connectivity index (χ1v) is 8.01. The first kappa shape index (κ1) is 15.1. The monoisotopic (exact) mass is 327 g/mol. The smallest absolute Gasteiger partial charge is 0.229 e. The molecule has 0 spiro atoms. The number of nitrogens with one attached hydrogen (secondary N) is 1. The molecule has 0 amide bonds. The van der Waals surface area contributed by atoms with Crippen LogP contribution in [0.15, 0.2) is 66.9 Å². The van der Waals surface area contributed by atoms with Crippen molar-refractivity contribution in [3.05, 3.63) is 72.4 Å². The van der Waals surface area contributed by atoms with Gasteiger partial charge in [0.1, 0.15) is 5.82 Å². The molecule has 0 fully saturated rings. The molecule has 4 rings (SSSR count). The van der Waals surface area contributed by atoms with Crippen molar-refractivity contribution in [3.63, 3.8) is 0 Å². The molecule has 0 atom stereocenters. The summed E-state index contributed by atoms with van der Waals surface area (Å²) in [6, 6.07) is 19.7. The van der Waals surface area contributed by atoms with Gasteiger partial charge in [-0.25, -0.2) is 4.98 Å². The summed E-state index contributed by atoms with van der Waals surface area (Å²) in [6.07, 6.45) is 1.78. The number of nitrogens with two attached hydrogens (primary N) is 1. The predicted octanol–water partition coefficient (Wildman–Crippen LogP) is 4.33. The molecule has 5 nitrogen and oxygen atoms in total. The second-order valence-corrected chi connectivity index (χ2v) is 5.87. The van der Waals surface area contributed by atoms with Gasteiger partial charge in [0, 0.05) is 28.9 Å². The molecule has 2 aromatic carbocycles. The quantitative estimate of drug-likeness (QED) is 0.586. The maximum atomic E-state index is 6.01. The van der Waals surface area contributed by atoms with Crippen LogP contribution in [0.4, 0.5) is 17.5 Å². The minimum absolute atomic E-state index is 0.417. The van der Waals surface area contributed by atoms with Crippen LogP contribution in [0.1, 0.15) is 5.56 Å². The van der Waals surface area contributed by atoms with Crippen LogP contribution in [-0.2, 0) is 0 Å². The van der Waals surface area contributed by atoms with E-state index in [9.17, 15) is 0 Å². The van der Waals surface area contributed by atoms with Gasteiger partial charge in [0.25, 0.3) is 0 Å². The average Bonchev–Trinajstić information content (AvgIpc) is 2.63. The summed E-state index contributed by atoms with van der Waals surface area (Å²) in [6.45, 7) is 2.05. The van der Waals surface area contributed by atoms with E-state index < -0.39 is 0 Å². The molecule has 0 radical (unpaired) electrons. The highest BCUT2D eigenvalue weighted by molar-refractivity contribution is 5.93. The Morgan fingerprint density at radius 3 is 2.56 bits per heavy atom. The second-order valence-electron chi connectivity index (χ2n) is 5.87. The number of pyridine rings is 1. The van der Waals surface area contributed by atoms with E-state index in [1.54, 1.807) is 12.3 Å². The van der Waals surface area contributed by atoms with Gasteiger partial charge in [-0.15, -0.1) is 0 Å². The lowest BCUT2D eigenvalue weighted by atomic mass is 10.1. The number of hydrogen-bond donors (Lipinski definition) is 2. The number of aryl methyl sites for hydroxylation is 1. The van der Waals surface area contributed by atoms with E-state index in [0.717, 1.165) is 27.8 Å². The Morgan fingerprint density at radius 1 is 0.920 bits per heavy atom. The van der Waals surface area contributed by atoms with Gasteiger partial charge in [0.15, 0.2) is 0 Å². The fourth-order valence-electron chi connectivity index (χ4n) is 2.75. The van der Waals surface area contributed by atoms with Crippen LogP contribution in [0.2, 0.25) is 0 Å². The molecular formula is C20H17N5. The number of hydrogen-bond acceptors (Lipinski definition) is 5. The van der Waals surface area contributed by atoms with Crippen LogP contribution < -0.4 is 11.1 Å². The second kappa shape index (κ2) is 6.20. The number of nitrogens with zero attached hydrogens (tertiary/aromatic N) is 3. The summed E-state index contributed by atoms with van der Waals surface area (Å²) in [5, 5.41) is 4.24. The molecule has 0 unspecified atom stereocenters. The summed E-state index contributed by atoms with van der Waals surface area (Å²) in [5.41, 5.74) is 10.8. The zero-order valence-electron chi connectivity index (χ0n) is 13.8. The average molecular weight is 327 g/mol. The highest BCUT2D eigenvalue weighted by Crippen LogP contribution is 2.28. The summed E-state index contributed by atoms with van der Waals surface area (Å²) in [4.78, 5) is 13.3. The molecule has 0 aliphatic rings. The normalized spacial score (nSPS) is 10.8. The summed E-state index contributed by atoms with van der Waals surface area (Å²) >= 11 is 0. The molecular weight excluding hydrogens is 310 g/mol. The first-order valence-electron chi connectivity index (χ1n) is 8.01. The summed E-state index contributed by atoms with van der Waals surface area (Å²) in [5.74, 6) is 0.889. The highest BCUT2D eigenvalue weighted by atomic mass is 15.1. The maximum Gasteiger partial charge on any atom is 0.229 e. The number of aromatic nitrogens is 3. The number of para-hydroxylation sites is 1. The van der Waals surface area contributed by atoms with Gasteiger partial charge in [-0.2, -0.15) is 4.98 Å². The van der Waals surface area contributed by atoms with Gasteiger partial charge in [-0.05, 0) is 31.2 Å². The predicted molar refractivity (Wildman–Crippen MR) is 102 cm³/mol. The molecule has 0 bridgehead atoms. The van der Waals surface area contributed by atoms with Crippen molar-refractivity contribution in [1.82, 2.24) is 15.0 Å². The molecule has 5 heteroatoms. The van der Waals surface area contributed by atoms with E-state index in [-0.39, 0.29) is 0 Å². The maximum absolute atomic E-state index is 6.01. The Bertz CT molecular complexity index is 1040. The third-order valence-corrected chi connectivity index (χ3v) is 3.98. The molecule has 25 heavy (non-hydrogen) atoms. The number of fused-ring (bicyclic) bond motifs is 1. The van der Waals surface area contributed by atoms with Gasteiger partial charge in [0.05, 0.1) is 11.2 Å². The third-order valence-electron chi connectivity index (χ3n) is 3.98. The molecule has 0 saturated heterocycles. The van der Waals surface area contributed by atoms with E-state index >= 15 is 0 Å². The Morgan fingerprint density at radius 2 is 1.72 bits per heavy atom. The lowest BCUT2D eigenvalue weighted by Gasteiger charge is -2.10. The van der Waals surface area contributed by atoms with Gasteiger partial charge in [-0.1, -0.05) is 35.9 Å². The lowest BCUT2D eigenvalue weighted by Crippen LogP contribution is -2.02. The lowest BCUT2D eigenvalue weighted by molar-refractivity contribution is 1.18. The van der Waals surface area contributed by atoms with Gasteiger partial charge in [-0.3, -0.25) is 4.98 Å². The van der Waals surface area contributed by atoms with Crippen molar-refractivity contribution >= 4 is 28.4 Å². The zero-order valence-corrected chi connectivity index (χ0v) is 13.8. The number of nitrogen functional groups attached to an aromatic ring is 1. The Kier molecular flexibility index (Phi) is 3.74. The van der Waals surface area contributed by atoms with Crippen LogP contribution in [-0.4, -0.2) is 15.0 Å². The van der Waals surface area contributed by atoms with Crippen LogP contribution >= 0.6 is 0 Å². The topological polar surface area (TPSA) is 76.7 Å². The van der Waals surface area contributed by atoms with Crippen molar-refractivity contribution in [1.29, 1.82) is 0 Å². The van der Waals surface area contributed by atoms with Crippen molar-refractivity contribution in [3.8, 4) is 11.3 Å². The number of benzene rings is 2. The molecule has 122 valence electrons. The van der Waals surface area contributed by atoms with Crippen LogP contribution in [0.25, 0.3) is 22.2 Å². The Labute approximate surface area is 145 Å². The fraction of sp³-hybridized carbons (Fsp3) is 0.0500. The summed E-state index contributed by atoms with van der Waals surface area (Å²) in [7, 11) is 0. The fourth-order valence-corrected chi connectivity index (χ4v) is 2.75. The number of rotatable bonds is 3. The molecule has 3 N–H and O–H groups in total. The van der Waals surface area contributed by atoms with E-state index in [2.05, 4.69) is 20.3 Å². The first-order chi connectivity index (χ1) is 12.2. The minimum atomic E-state index is 0.417. The Hall–Kier alpha value is -3.47. The van der Waals surface area contributed by atoms with Crippen molar-refractivity contribution in [2.24, 2.45) is 0 Å². The standard InChI is InChI=1S/C20H17N5/c1-13-6-8-14(9-7-13)23-20-24-18(12-19(21)25-20)16-10-11-22-17-5-3-2-4-15(16)17/h2-12H,1H3,(H3,21,23,24,25). The molecule has 0 aliphatic heterocycles. The van der Waals surface area contributed by atoms with E-state index in [4.69, 9.17) is 5.73 Å². The third kappa shape index (κ3) is 3.12. The van der Waals surface area contributed by atoms with Crippen LogP contribution in [0, 0.1) is 6.92 Å². The van der Waals surface area contributed by atoms with E-state index in [1.165, 1.54) is 5.56 Å². The molecule has 0 aliphatic carbocycles.